The summed E-state index contributed by atoms with van der Waals surface area (Å²) in [6.45, 7) is 14.4. The van der Waals surface area contributed by atoms with Gasteiger partial charge in [-0.05, 0) is 37.0 Å². The van der Waals surface area contributed by atoms with Crippen LogP contribution in [0.2, 0.25) is 0 Å². The van der Waals surface area contributed by atoms with Crippen LogP contribution in [0.3, 0.4) is 0 Å². The second-order valence-corrected chi connectivity index (χ2v) is 7.60. The third-order valence-electron chi connectivity index (χ3n) is 4.47. The van der Waals surface area contributed by atoms with Crippen molar-refractivity contribution < 1.29 is 4.74 Å². The Morgan fingerprint density at radius 1 is 1.15 bits per heavy atom. The highest BCUT2D eigenvalue weighted by Gasteiger charge is 2.36. The summed E-state index contributed by atoms with van der Waals surface area (Å²) >= 11 is 0. The summed E-state index contributed by atoms with van der Waals surface area (Å²) < 4.78 is 5.80. The molecular formula is C17H34N2O. The number of nitrogens with zero attached hydrogens (tertiary/aromatic N) is 1. The molecule has 1 aliphatic heterocycles. The first-order chi connectivity index (χ1) is 9.56. The van der Waals surface area contributed by atoms with Crippen LogP contribution in [-0.4, -0.2) is 49.8 Å². The molecule has 3 nitrogen and oxygen atoms in total. The fourth-order valence-electron chi connectivity index (χ4n) is 3.25. The maximum atomic E-state index is 5.80. The number of piperazine rings is 1. The van der Waals surface area contributed by atoms with E-state index in [4.69, 9.17) is 4.74 Å². The summed E-state index contributed by atoms with van der Waals surface area (Å²) in [5.74, 6) is 2.37. The van der Waals surface area contributed by atoms with Crippen LogP contribution in [-0.2, 0) is 4.74 Å². The Morgan fingerprint density at radius 3 is 2.50 bits per heavy atom. The molecule has 3 heteroatoms. The van der Waals surface area contributed by atoms with Crippen molar-refractivity contribution in [3.63, 3.8) is 0 Å². The molecule has 20 heavy (non-hydrogen) atoms. The maximum absolute atomic E-state index is 5.80. The van der Waals surface area contributed by atoms with E-state index in [0.29, 0.717) is 12.0 Å². The van der Waals surface area contributed by atoms with Crippen LogP contribution in [0.4, 0.5) is 0 Å². The van der Waals surface area contributed by atoms with E-state index in [1.54, 1.807) is 0 Å². The smallest absolute Gasteiger partial charge is 0.0593 e. The molecule has 1 heterocycles. The summed E-state index contributed by atoms with van der Waals surface area (Å²) in [7, 11) is 0. The maximum Gasteiger partial charge on any atom is 0.0593 e. The first-order valence-electron chi connectivity index (χ1n) is 8.61. The molecule has 1 aliphatic carbocycles. The number of nitrogens with one attached hydrogen (secondary N) is 1. The Morgan fingerprint density at radius 2 is 1.90 bits per heavy atom. The van der Waals surface area contributed by atoms with Crippen molar-refractivity contribution in [1.29, 1.82) is 0 Å². The molecule has 2 aliphatic rings. The van der Waals surface area contributed by atoms with Crippen LogP contribution < -0.4 is 5.32 Å². The van der Waals surface area contributed by atoms with E-state index in [9.17, 15) is 0 Å². The number of ether oxygens (including phenoxy) is 1. The lowest BCUT2D eigenvalue weighted by Gasteiger charge is -2.41. The van der Waals surface area contributed by atoms with Gasteiger partial charge in [-0.25, -0.2) is 0 Å². The lowest BCUT2D eigenvalue weighted by Crippen LogP contribution is -2.58. The summed E-state index contributed by atoms with van der Waals surface area (Å²) in [6.07, 6.45) is 4.17. The fraction of sp³-hybridized carbons (Fsp3) is 1.00. The van der Waals surface area contributed by atoms with E-state index in [2.05, 4.69) is 37.9 Å². The standard InChI is InChI=1S/C17H34N2O/c1-13(2)9-16-10-18-17(15-5-6-15)11-19(16)7-8-20-12-14(3)4/h13-18H,5-12H2,1-4H3. The minimum atomic E-state index is 0.642. The van der Waals surface area contributed by atoms with Crippen molar-refractivity contribution in [3.8, 4) is 0 Å². The Labute approximate surface area is 125 Å². The van der Waals surface area contributed by atoms with E-state index >= 15 is 0 Å². The van der Waals surface area contributed by atoms with Crippen LogP contribution in [0.25, 0.3) is 0 Å². The first kappa shape index (κ1) is 16.3. The normalized spacial score (nSPS) is 28.5. The molecule has 1 saturated heterocycles. The van der Waals surface area contributed by atoms with E-state index in [1.165, 1.54) is 32.4 Å². The molecule has 0 amide bonds. The Balaban J connectivity index is 1.77. The van der Waals surface area contributed by atoms with Gasteiger partial charge < -0.3 is 10.1 Å². The predicted molar refractivity (Wildman–Crippen MR) is 85.0 cm³/mol. The van der Waals surface area contributed by atoms with Gasteiger partial charge in [-0.1, -0.05) is 27.7 Å². The predicted octanol–water partition coefficient (Wildman–Crippen LogP) is 2.76. The highest BCUT2D eigenvalue weighted by atomic mass is 16.5. The van der Waals surface area contributed by atoms with Crippen LogP contribution in [0.1, 0.15) is 47.0 Å². The second kappa shape index (κ2) is 7.77. The molecule has 2 unspecified atom stereocenters. The Kier molecular flexibility index (Phi) is 6.31. The van der Waals surface area contributed by atoms with E-state index < -0.39 is 0 Å². The highest BCUT2D eigenvalue weighted by molar-refractivity contribution is 4.94. The van der Waals surface area contributed by atoms with Gasteiger partial charge in [-0.2, -0.15) is 0 Å². The van der Waals surface area contributed by atoms with Crippen LogP contribution in [0, 0.1) is 17.8 Å². The molecule has 1 N–H and O–H groups in total. The zero-order valence-corrected chi connectivity index (χ0v) is 13.9. The molecule has 118 valence electrons. The molecule has 0 aromatic carbocycles. The minimum absolute atomic E-state index is 0.642. The van der Waals surface area contributed by atoms with Gasteiger partial charge in [0.2, 0.25) is 0 Å². The molecule has 2 fully saturated rings. The SMILES string of the molecule is CC(C)COCCN1CC(C2CC2)NCC1CC(C)C. The molecule has 0 aromatic heterocycles. The first-order valence-corrected chi connectivity index (χ1v) is 8.61. The quantitative estimate of drug-likeness (QED) is 0.693. The summed E-state index contributed by atoms with van der Waals surface area (Å²) in [6, 6.07) is 1.44. The number of hydrogen-bond acceptors (Lipinski definition) is 3. The minimum Gasteiger partial charge on any atom is -0.380 e. The Bertz CT molecular complexity index is 276. The van der Waals surface area contributed by atoms with Crippen LogP contribution in [0.5, 0.6) is 0 Å². The molecule has 2 rings (SSSR count). The van der Waals surface area contributed by atoms with Gasteiger partial charge in [0.15, 0.2) is 0 Å². The third-order valence-corrected chi connectivity index (χ3v) is 4.47. The fourth-order valence-corrected chi connectivity index (χ4v) is 3.25. The van der Waals surface area contributed by atoms with Crippen molar-refractivity contribution in [2.45, 2.75) is 59.0 Å². The van der Waals surface area contributed by atoms with Crippen molar-refractivity contribution in [2.75, 3.05) is 32.8 Å². The lowest BCUT2D eigenvalue weighted by atomic mass is 9.98. The van der Waals surface area contributed by atoms with E-state index in [-0.39, 0.29) is 0 Å². The van der Waals surface area contributed by atoms with Gasteiger partial charge in [0.05, 0.1) is 6.61 Å². The molecule has 0 bridgehead atoms. The summed E-state index contributed by atoms with van der Waals surface area (Å²) in [4.78, 5) is 2.69. The second-order valence-electron chi connectivity index (χ2n) is 7.60. The summed E-state index contributed by atoms with van der Waals surface area (Å²) in [5, 5.41) is 3.79. The largest absolute Gasteiger partial charge is 0.380 e. The highest BCUT2D eigenvalue weighted by Crippen LogP contribution is 2.34. The van der Waals surface area contributed by atoms with E-state index in [0.717, 1.165) is 37.6 Å². The van der Waals surface area contributed by atoms with Gasteiger partial charge in [-0.3, -0.25) is 4.90 Å². The number of hydrogen-bond donors (Lipinski definition) is 1. The average Bonchev–Trinajstić information content (AvgIpc) is 3.19. The van der Waals surface area contributed by atoms with E-state index in [1.807, 2.05) is 0 Å². The summed E-state index contributed by atoms with van der Waals surface area (Å²) in [5.41, 5.74) is 0. The van der Waals surface area contributed by atoms with Crippen molar-refractivity contribution in [3.05, 3.63) is 0 Å². The molecule has 2 atom stereocenters. The average molecular weight is 282 g/mol. The van der Waals surface area contributed by atoms with Gasteiger partial charge in [0, 0.05) is 38.3 Å². The molecular weight excluding hydrogens is 248 g/mol. The number of rotatable bonds is 8. The zero-order chi connectivity index (χ0) is 14.5. The van der Waals surface area contributed by atoms with Gasteiger partial charge in [0.25, 0.3) is 0 Å². The van der Waals surface area contributed by atoms with Gasteiger partial charge in [-0.15, -0.1) is 0 Å². The molecule has 0 spiro atoms. The molecule has 0 radical (unpaired) electrons. The van der Waals surface area contributed by atoms with Crippen molar-refractivity contribution in [1.82, 2.24) is 10.2 Å². The monoisotopic (exact) mass is 282 g/mol. The zero-order valence-electron chi connectivity index (χ0n) is 13.9. The van der Waals surface area contributed by atoms with Crippen LogP contribution >= 0.6 is 0 Å². The van der Waals surface area contributed by atoms with Gasteiger partial charge >= 0.3 is 0 Å². The Hall–Kier alpha value is -0.120. The van der Waals surface area contributed by atoms with Gasteiger partial charge in [0.1, 0.15) is 0 Å². The topological polar surface area (TPSA) is 24.5 Å². The van der Waals surface area contributed by atoms with Crippen LogP contribution in [0.15, 0.2) is 0 Å². The van der Waals surface area contributed by atoms with Crippen molar-refractivity contribution >= 4 is 0 Å². The molecule has 0 aromatic rings. The molecule has 1 saturated carbocycles. The lowest BCUT2D eigenvalue weighted by molar-refractivity contribution is 0.0471. The van der Waals surface area contributed by atoms with Crippen molar-refractivity contribution in [2.24, 2.45) is 17.8 Å². The third kappa shape index (κ3) is 5.34.